The van der Waals surface area contributed by atoms with E-state index in [1.807, 2.05) is 30.3 Å². The normalized spacial score (nSPS) is 14.7. The second kappa shape index (κ2) is 4.46. The minimum absolute atomic E-state index is 0.931. The van der Waals surface area contributed by atoms with Crippen LogP contribution in [0, 0.1) is 0 Å². The van der Waals surface area contributed by atoms with Crippen molar-refractivity contribution >= 4 is 10.8 Å². The number of allylic oxidation sites excluding steroid dienone is 3. The Morgan fingerprint density at radius 2 is 1.76 bits per heavy atom. The minimum atomic E-state index is 0.931. The molecule has 0 amide bonds. The molecule has 0 aromatic heterocycles. The Balaban J connectivity index is 2.00. The Morgan fingerprint density at radius 1 is 0.882 bits per heavy atom. The Hall–Kier alpha value is -2.02. The molecular formula is C16H14O. The van der Waals surface area contributed by atoms with E-state index in [2.05, 4.69) is 30.4 Å². The maximum absolute atomic E-state index is 5.94. The van der Waals surface area contributed by atoms with E-state index in [0.29, 0.717) is 0 Å². The van der Waals surface area contributed by atoms with Crippen molar-refractivity contribution in [1.82, 2.24) is 0 Å². The van der Waals surface area contributed by atoms with E-state index < -0.39 is 0 Å². The van der Waals surface area contributed by atoms with E-state index in [0.717, 1.165) is 29.7 Å². The van der Waals surface area contributed by atoms with Crippen LogP contribution in [-0.2, 0) is 0 Å². The van der Waals surface area contributed by atoms with Gasteiger partial charge < -0.3 is 4.74 Å². The van der Waals surface area contributed by atoms with Crippen LogP contribution in [0.15, 0.2) is 66.5 Å². The molecule has 0 saturated carbocycles. The summed E-state index contributed by atoms with van der Waals surface area (Å²) in [6.07, 6.45) is 8.52. The van der Waals surface area contributed by atoms with Gasteiger partial charge in [0.2, 0.25) is 0 Å². The highest BCUT2D eigenvalue weighted by atomic mass is 16.5. The SMILES string of the molecule is C1=CC(Oc2cccc3ccccc23)=CCC1. The molecular weight excluding hydrogens is 208 g/mol. The lowest BCUT2D eigenvalue weighted by Crippen LogP contribution is -1.95. The lowest BCUT2D eigenvalue weighted by molar-refractivity contribution is 0.444. The van der Waals surface area contributed by atoms with Gasteiger partial charge in [0.1, 0.15) is 11.5 Å². The van der Waals surface area contributed by atoms with Crippen molar-refractivity contribution in [3.05, 3.63) is 66.5 Å². The van der Waals surface area contributed by atoms with Gasteiger partial charge in [-0.15, -0.1) is 0 Å². The van der Waals surface area contributed by atoms with Crippen molar-refractivity contribution < 1.29 is 4.74 Å². The molecule has 84 valence electrons. The number of benzene rings is 2. The van der Waals surface area contributed by atoms with Gasteiger partial charge in [-0.05, 0) is 36.4 Å². The molecule has 0 saturated heterocycles. The smallest absolute Gasteiger partial charge is 0.135 e. The van der Waals surface area contributed by atoms with Crippen molar-refractivity contribution in [3.8, 4) is 5.75 Å². The van der Waals surface area contributed by atoms with Crippen molar-refractivity contribution in [2.24, 2.45) is 0 Å². The highest BCUT2D eigenvalue weighted by Crippen LogP contribution is 2.27. The standard InChI is InChI=1S/C16H14O/c1-2-9-14(10-3-1)17-16-12-6-8-13-7-4-5-11-15(13)16/h2,4-12H,1,3H2. The summed E-state index contributed by atoms with van der Waals surface area (Å²) in [7, 11) is 0. The molecule has 1 heteroatoms. The van der Waals surface area contributed by atoms with Gasteiger partial charge in [-0.1, -0.05) is 42.5 Å². The van der Waals surface area contributed by atoms with Crippen molar-refractivity contribution in [2.75, 3.05) is 0 Å². The van der Waals surface area contributed by atoms with Crippen LogP contribution in [0.4, 0.5) is 0 Å². The summed E-state index contributed by atoms with van der Waals surface area (Å²) in [4.78, 5) is 0. The summed E-state index contributed by atoms with van der Waals surface area (Å²) in [5.74, 6) is 1.88. The first-order valence-corrected chi connectivity index (χ1v) is 5.96. The zero-order valence-electron chi connectivity index (χ0n) is 9.60. The fourth-order valence-electron chi connectivity index (χ4n) is 2.08. The van der Waals surface area contributed by atoms with Crippen LogP contribution in [0.2, 0.25) is 0 Å². The van der Waals surface area contributed by atoms with E-state index in [1.165, 1.54) is 5.39 Å². The van der Waals surface area contributed by atoms with E-state index in [1.54, 1.807) is 0 Å². The molecule has 0 N–H and O–H groups in total. The Morgan fingerprint density at radius 3 is 2.65 bits per heavy atom. The number of fused-ring (bicyclic) bond motifs is 1. The molecule has 0 spiro atoms. The Bertz CT molecular complexity index is 588. The van der Waals surface area contributed by atoms with E-state index in [9.17, 15) is 0 Å². The van der Waals surface area contributed by atoms with Crippen LogP contribution >= 0.6 is 0 Å². The van der Waals surface area contributed by atoms with Crippen molar-refractivity contribution in [3.63, 3.8) is 0 Å². The number of rotatable bonds is 2. The first-order chi connectivity index (χ1) is 8.43. The highest BCUT2D eigenvalue weighted by molar-refractivity contribution is 5.88. The van der Waals surface area contributed by atoms with Gasteiger partial charge in [0.25, 0.3) is 0 Å². The summed E-state index contributed by atoms with van der Waals surface area (Å²) >= 11 is 0. The molecule has 2 aromatic carbocycles. The first-order valence-electron chi connectivity index (χ1n) is 5.96. The molecule has 0 atom stereocenters. The van der Waals surface area contributed by atoms with Crippen LogP contribution in [0.5, 0.6) is 5.75 Å². The molecule has 2 aromatic rings. The number of ether oxygens (including phenoxy) is 1. The molecule has 0 bridgehead atoms. The summed E-state index contributed by atoms with van der Waals surface area (Å²) in [6.45, 7) is 0. The molecule has 1 aliphatic rings. The van der Waals surface area contributed by atoms with Crippen molar-refractivity contribution in [1.29, 1.82) is 0 Å². The highest BCUT2D eigenvalue weighted by Gasteiger charge is 2.04. The van der Waals surface area contributed by atoms with Crippen molar-refractivity contribution in [2.45, 2.75) is 12.8 Å². The molecule has 0 fully saturated rings. The van der Waals surface area contributed by atoms with Gasteiger partial charge in [0.15, 0.2) is 0 Å². The number of hydrogen-bond acceptors (Lipinski definition) is 1. The van der Waals surface area contributed by atoms with Gasteiger partial charge in [-0.3, -0.25) is 0 Å². The maximum Gasteiger partial charge on any atom is 0.135 e. The quantitative estimate of drug-likeness (QED) is 0.729. The van der Waals surface area contributed by atoms with Crippen LogP contribution in [0.25, 0.3) is 10.8 Å². The van der Waals surface area contributed by atoms with E-state index >= 15 is 0 Å². The monoisotopic (exact) mass is 222 g/mol. The van der Waals surface area contributed by atoms with E-state index in [4.69, 9.17) is 4.74 Å². The average Bonchev–Trinajstić information content (AvgIpc) is 2.40. The molecule has 3 rings (SSSR count). The number of hydrogen-bond donors (Lipinski definition) is 0. The predicted molar refractivity (Wildman–Crippen MR) is 71.0 cm³/mol. The molecule has 0 aliphatic heterocycles. The fraction of sp³-hybridized carbons (Fsp3) is 0.125. The van der Waals surface area contributed by atoms with Crippen LogP contribution < -0.4 is 4.74 Å². The minimum Gasteiger partial charge on any atom is -0.457 e. The second-order valence-corrected chi connectivity index (χ2v) is 4.17. The summed E-state index contributed by atoms with van der Waals surface area (Å²) in [5.41, 5.74) is 0. The topological polar surface area (TPSA) is 9.23 Å². The largest absolute Gasteiger partial charge is 0.457 e. The maximum atomic E-state index is 5.94. The third kappa shape index (κ3) is 2.09. The molecule has 0 radical (unpaired) electrons. The molecule has 1 aliphatic carbocycles. The Labute approximate surface area is 101 Å². The third-order valence-electron chi connectivity index (χ3n) is 2.94. The molecule has 17 heavy (non-hydrogen) atoms. The summed E-state index contributed by atoms with van der Waals surface area (Å²) in [6, 6.07) is 14.4. The van der Waals surface area contributed by atoms with Crippen LogP contribution in [-0.4, -0.2) is 0 Å². The molecule has 1 nitrogen and oxygen atoms in total. The van der Waals surface area contributed by atoms with Crippen LogP contribution in [0.3, 0.4) is 0 Å². The van der Waals surface area contributed by atoms with E-state index in [-0.39, 0.29) is 0 Å². The fourth-order valence-corrected chi connectivity index (χ4v) is 2.08. The lowest BCUT2D eigenvalue weighted by Gasteiger charge is -2.11. The van der Waals surface area contributed by atoms with Gasteiger partial charge in [-0.25, -0.2) is 0 Å². The third-order valence-corrected chi connectivity index (χ3v) is 2.94. The van der Waals surface area contributed by atoms with Gasteiger partial charge in [0, 0.05) is 5.39 Å². The second-order valence-electron chi connectivity index (χ2n) is 4.17. The predicted octanol–water partition coefficient (Wildman–Crippen LogP) is 4.45. The zero-order valence-corrected chi connectivity index (χ0v) is 9.60. The van der Waals surface area contributed by atoms with Crippen LogP contribution in [0.1, 0.15) is 12.8 Å². The van der Waals surface area contributed by atoms with Gasteiger partial charge in [-0.2, -0.15) is 0 Å². The lowest BCUT2D eigenvalue weighted by atomic mass is 10.1. The average molecular weight is 222 g/mol. The van der Waals surface area contributed by atoms with Gasteiger partial charge >= 0.3 is 0 Å². The zero-order chi connectivity index (χ0) is 11.5. The Kier molecular flexibility index (Phi) is 2.66. The van der Waals surface area contributed by atoms with Gasteiger partial charge in [0.05, 0.1) is 0 Å². The summed E-state index contributed by atoms with van der Waals surface area (Å²) < 4.78 is 5.94. The molecule has 0 heterocycles. The first kappa shape index (κ1) is 10.2. The molecule has 0 unspecified atom stereocenters. The summed E-state index contributed by atoms with van der Waals surface area (Å²) in [5, 5.41) is 2.38.